The summed E-state index contributed by atoms with van der Waals surface area (Å²) in [4.78, 5) is 40.4. The van der Waals surface area contributed by atoms with Crippen molar-refractivity contribution in [2.45, 2.75) is 65.0 Å². The van der Waals surface area contributed by atoms with E-state index < -0.39 is 18.0 Å². The van der Waals surface area contributed by atoms with Gasteiger partial charge in [-0.05, 0) is 42.2 Å². The topological polar surface area (TPSA) is 123 Å². The normalized spacial score (nSPS) is 25.5. The summed E-state index contributed by atoms with van der Waals surface area (Å²) in [7, 11) is 0. The van der Waals surface area contributed by atoms with Crippen LogP contribution in [0.1, 0.15) is 64.5 Å². The van der Waals surface area contributed by atoms with E-state index in [0.717, 1.165) is 42.3 Å². The van der Waals surface area contributed by atoms with Crippen LogP contribution in [0, 0.1) is 10.8 Å². The van der Waals surface area contributed by atoms with Crippen molar-refractivity contribution >= 4 is 34.4 Å². The fourth-order valence-corrected chi connectivity index (χ4v) is 6.16. The van der Waals surface area contributed by atoms with Gasteiger partial charge in [-0.15, -0.1) is 0 Å². The summed E-state index contributed by atoms with van der Waals surface area (Å²) >= 11 is 0. The summed E-state index contributed by atoms with van der Waals surface area (Å²) in [5, 5.41) is 22.5. The Balaban J connectivity index is 1.60. The molecular formula is C24H31N3O5. The summed E-state index contributed by atoms with van der Waals surface area (Å²) in [6, 6.07) is 4.80. The van der Waals surface area contributed by atoms with Crippen LogP contribution in [0.25, 0.3) is 10.9 Å². The van der Waals surface area contributed by atoms with Gasteiger partial charge in [-0.2, -0.15) is 0 Å². The highest BCUT2D eigenvalue weighted by Gasteiger charge is 2.52. The molecule has 0 spiro atoms. The zero-order valence-electron chi connectivity index (χ0n) is 18.8. The maximum atomic E-state index is 12.5. The molecule has 8 nitrogen and oxygen atoms in total. The summed E-state index contributed by atoms with van der Waals surface area (Å²) in [5.74, 6) is -2.25. The number of hydrogen-bond donors (Lipinski definition) is 4. The van der Waals surface area contributed by atoms with E-state index in [0.29, 0.717) is 5.69 Å². The largest absolute Gasteiger partial charge is 0.481 e. The number of hydrogen-bond acceptors (Lipinski definition) is 4. The molecule has 32 heavy (non-hydrogen) atoms. The maximum absolute atomic E-state index is 12.5. The predicted molar refractivity (Wildman–Crippen MR) is 120 cm³/mol. The molecule has 4 rings (SSSR count). The Morgan fingerprint density at radius 3 is 2.62 bits per heavy atom. The number of carboxylic acids is 2. The second-order valence-corrected chi connectivity index (χ2v) is 10.6. The van der Waals surface area contributed by atoms with E-state index in [-0.39, 0.29) is 35.6 Å². The number of aromatic nitrogens is 1. The molecule has 4 N–H and O–H groups in total. The number of rotatable bonds is 7. The molecule has 172 valence electrons. The van der Waals surface area contributed by atoms with Gasteiger partial charge >= 0.3 is 11.9 Å². The van der Waals surface area contributed by atoms with Crippen LogP contribution < -0.4 is 5.32 Å². The minimum absolute atomic E-state index is 0.101. The molecule has 1 aliphatic carbocycles. The van der Waals surface area contributed by atoms with Crippen LogP contribution in [-0.4, -0.2) is 50.5 Å². The molecule has 1 amide bonds. The third kappa shape index (κ3) is 4.37. The second-order valence-electron chi connectivity index (χ2n) is 10.6. The molecule has 1 aromatic heterocycles. The molecule has 8 heteroatoms. The Kier molecular flexibility index (Phi) is 5.53. The Morgan fingerprint density at radius 2 is 1.94 bits per heavy atom. The Morgan fingerprint density at radius 1 is 1.19 bits per heavy atom. The van der Waals surface area contributed by atoms with Crippen molar-refractivity contribution in [3.05, 3.63) is 30.0 Å². The van der Waals surface area contributed by atoms with Crippen LogP contribution in [0.15, 0.2) is 24.4 Å². The molecule has 2 heterocycles. The number of aliphatic carboxylic acids is 2. The van der Waals surface area contributed by atoms with E-state index in [1.807, 2.05) is 6.07 Å². The highest BCUT2D eigenvalue weighted by Crippen LogP contribution is 2.54. The molecule has 0 unspecified atom stereocenters. The first kappa shape index (κ1) is 22.3. The van der Waals surface area contributed by atoms with Crippen molar-refractivity contribution in [3.8, 4) is 0 Å². The number of carboxylic acid groups (broad SMARTS) is 2. The van der Waals surface area contributed by atoms with E-state index in [1.54, 1.807) is 18.3 Å². The van der Waals surface area contributed by atoms with Crippen LogP contribution >= 0.6 is 0 Å². The first-order valence-corrected chi connectivity index (χ1v) is 11.1. The number of anilines is 1. The zero-order chi connectivity index (χ0) is 23.3. The molecule has 1 saturated heterocycles. The SMILES string of the molecule is CC1(C)C[C@@H]2C[C@](C)(CN2[C@H](C(=O)O)c2c[nH]c3cc(NC(=O)CCC(=O)O)ccc23)C1. The number of likely N-dealkylation sites (tertiary alicyclic amines) is 1. The number of benzene rings is 1. The third-order valence-corrected chi connectivity index (χ3v) is 6.88. The lowest BCUT2D eigenvalue weighted by Gasteiger charge is -2.40. The van der Waals surface area contributed by atoms with Gasteiger partial charge < -0.3 is 20.5 Å². The second kappa shape index (κ2) is 7.92. The van der Waals surface area contributed by atoms with Crippen LogP contribution in [-0.2, 0) is 14.4 Å². The van der Waals surface area contributed by atoms with Gasteiger partial charge in [0.1, 0.15) is 6.04 Å². The molecule has 2 aromatic rings. The van der Waals surface area contributed by atoms with Crippen molar-refractivity contribution in [3.63, 3.8) is 0 Å². The molecule has 1 aliphatic heterocycles. The lowest BCUT2D eigenvalue weighted by molar-refractivity contribution is -0.144. The smallest absolute Gasteiger partial charge is 0.325 e. The molecular weight excluding hydrogens is 410 g/mol. The Hall–Kier alpha value is -2.87. The number of fused-ring (bicyclic) bond motifs is 3. The maximum Gasteiger partial charge on any atom is 0.325 e. The zero-order valence-corrected chi connectivity index (χ0v) is 18.8. The fourth-order valence-electron chi connectivity index (χ4n) is 6.16. The number of nitrogens with zero attached hydrogens (tertiary/aromatic N) is 1. The molecule has 2 fully saturated rings. The molecule has 2 aliphatic rings. The van der Waals surface area contributed by atoms with Gasteiger partial charge in [-0.3, -0.25) is 19.3 Å². The average Bonchev–Trinajstić information content (AvgIpc) is 3.17. The van der Waals surface area contributed by atoms with Gasteiger partial charge in [-0.1, -0.05) is 26.8 Å². The van der Waals surface area contributed by atoms with Gasteiger partial charge in [0.05, 0.1) is 6.42 Å². The third-order valence-electron chi connectivity index (χ3n) is 6.88. The first-order chi connectivity index (χ1) is 15.0. The minimum Gasteiger partial charge on any atom is -0.481 e. The summed E-state index contributed by atoms with van der Waals surface area (Å²) in [5.41, 5.74) is 2.32. The standard InChI is InChI=1S/C24H31N3O5/c1-23(2)9-15-10-24(3,12-23)13-27(15)21(22(31)32)17-11-25-18-8-14(4-5-16(17)18)26-19(28)6-7-20(29)30/h4-5,8,11,15,21,25H,6-7,9-10,12-13H2,1-3H3,(H,26,28)(H,29,30)(H,31,32)/t15-,21+,24+/m1/s1. The first-order valence-electron chi connectivity index (χ1n) is 11.1. The Bertz CT molecular complexity index is 1070. The van der Waals surface area contributed by atoms with E-state index in [2.05, 4.69) is 36.0 Å². The van der Waals surface area contributed by atoms with Crippen molar-refractivity contribution in [1.82, 2.24) is 9.88 Å². The highest BCUT2D eigenvalue weighted by molar-refractivity contribution is 5.96. The monoisotopic (exact) mass is 441 g/mol. The lowest BCUT2D eigenvalue weighted by atomic mass is 9.65. The number of carbonyl (C=O) groups is 3. The number of amides is 1. The van der Waals surface area contributed by atoms with Crippen molar-refractivity contribution in [2.24, 2.45) is 10.8 Å². The number of carbonyl (C=O) groups excluding carboxylic acids is 1. The minimum atomic E-state index is -1.02. The molecule has 2 bridgehead atoms. The lowest BCUT2D eigenvalue weighted by Crippen LogP contribution is -2.39. The highest BCUT2D eigenvalue weighted by atomic mass is 16.4. The average molecular weight is 442 g/mol. The van der Waals surface area contributed by atoms with Gasteiger partial charge in [0, 0.05) is 47.4 Å². The van der Waals surface area contributed by atoms with Crippen LogP contribution in [0.3, 0.4) is 0 Å². The van der Waals surface area contributed by atoms with E-state index in [1.165, 1.54) is 0 Å². The summed E-state index contributed by atoms with van der Waals surface area (Å²) < 4.78 is 0. The Labute approximate surface area is 187 Å². The van der Waals surface area contributed by atoms with Crippen LogP contribution in [0.5, 0.6) is 0 Å². The number of nitrogens with one attached hydrogen (secondary N) is 2. The quantitative estimate of drug-likeness (QED) is 0.515. The predicted octanol–water partition coefficient (Wildman–Crippen LogP) is 4.00. The number of aromatic amines is 1. The molecule has 1 aromatic carbocycles. The molecule has 3 atom stereocenters. The summed E-state index contributed by atoms with van der Waals surface area (Å²) in [6.45, 7) is 7.58. The van der Waals surface area contributed by atoms with Gasteiger partial charge in [0.2, 0.25) is 5.91 Å². The fraction of sp³-hybridized carbons (Fsp3) is 0.542. The van der Waals surface area contributed by atoms with E-state index in [9.17, 15) is 19.5 Å². The van der Waals surface area contributed by atoms with E-state index >= 15 is 0 Å². The summed E-state index contributed by atoms with van der Waals surface area (Å²) in [6.07, 6.45) is 4.54. The van der Waals surface area contributed by atoms with Crippen LogP contribution in [0.4, 0.5) is 5.69 Å². The van der Waals surface area contributed by atoms with Gasteiger partial charge in [0.15, 0.2) is 0 Å². The van der Waals surface area contributed by atoms with Crippen molar-refractivity contribution in [2.75, 3.05) is 11.9 Å². The molecule has 1 saturated carbocycles. The number of H-pyrrole nitrogens is 1. The van der Waals surface area contributed by atoms with E-state index in [4.69, 9.17) is 5.11 Å². The van der Waals surface area contributed by atoms with Crippen LogP contribution in [0.2, 0.25) is 0 Å². The van der Waals surface area contributed by atoms with Crippen molar-refractivity contribution < 1.29 is 24.6 Å². The van der Waals surface area contributed by atoms with Gasteiger partial charge in [-0.25, -0.2) is 0 Å². The van der Waals surface area contributed by atoms with Crippen molar-refractivity contribution in [1.29, 1.82) is 0 Å². The van der Waals surface area contributed by atoms with Gasteiger partial charge in [0.25, 0.3) is 0 Å². The molecule has 0 radical (unpaired) electrons.